The maximum atomic E-state index is 12.6. The average Bonchev–Trinajstić information content (AvgIpc) is 2.28. The molecule has 0 bridgehead atoms. The Morgan fingerprint density at radius 3 is 2.39 bits per heavy atom. The zero-order valence-corrected chi connectivity index (χ0v) is 12.2. The number of halogens is 4. The topological polar surface area (TPSA) is 0 Å². The first-order chi connectivity index (χ1) is 8.30. The van der Waals surface area contributed by atoms with E-state index in [4.69, 9.17) is 0 Å². The molecule has 1 rings (SSSR count). The maximum absolute atomic E-state index is 12.6. The molecule has 0 nitrogen and oxygen atoms in total. The molecule has 0 saturated carbocycles. The van der Waals surface area contributed by atoms with E-state index in [2.05, 4.69) is 29.8 Å². The van der Waals surface area contributed by atoms with Gasteiger partial charge in [-0.1, -0.05) is 54.4 Å². The van der Waals surface area contributed by atoms with Crippen LogP contribution in [-0.4, -0.2) is 5.33 Å². The summed E-state index contributed by atoms with van der Waals surface area (Å²) in [5.41, 5.74) is 0.201. The summed E-state index contributed by atoms with van der Waals surface area (Å²) in [7, 11) is 0. The highest BCUT2D eigenvalue weighted by Crippen LogP contribution is 2.33. The monoisotopic (exact) mass is 322 g/mol. The van der Waals surface area contributed by atoms with Crippen LogP contribution in [0.15, 0.2) is 24.3 Å². The second-order valence-electron chi connectivity index (χ2n) is 5.07. The Labute approximate surface area is 115 Å². The van der Waals surface area contributed by atoms with Crippen LogP contribution >= 0.6 is 15.9 Å². The van der Waals surface area contributed by atoms with E-state index < -0.39 is 11.7 Å². The highest BCUT2D eigenvalue weighted by atomic mass is 79.9. The van der Waals surface area contributed by atoms with Gasteiger partial charge in [0, 0.05) is 5.33 Å². The van der Waals surface area contributed by atoms with Crippen LogP contribution in [0.2, 0.25) is 0 Å². The fourth-order valence-electron chi connectivity index (χ4n) is 2.16. The normalized spacial score (nSPS) is 15.4. The molecule has 0 fully saturated rings. The smallest absolute Gasteiger partial charge is 0.166 e. The lowest BCUT2D eigenvalue weighted by atomic mass is 9.81. The molecule has 0 radical (unpaired) electrons. The van der Waals surface area contributed by atoms with E-state index in [9.17, 15) is 13.2 Å². The van der Waals surface area contributed by atoms with Gasteiger partial charge in [-0.25, -0.2) is 0 Å². The number of alkyl halides is 4. The lowest BCUT2D eigenvalue weighted by Crippen LogP contribution is -2.21. The fourth-order valence-corrected chi connectivity index (χ4v) is 2.64. The van der Waals surface area contributed by atoms with Crippen LogP contribution in [0.4, 0.5) is 13.2 Å². The zero-order valence-electron chi connectivity index (χ0n) is 10.6. The molecule has 0 aliphatic carbocycles. The van der Waals surface area contributed by atoms with Crippen molar-refractivity contribution in [2.45, 2.75) is 39.3 Å². The minimum atomic E-state index is -4.26. The van der Waals surface area contributed by atoms with E-state index in [1.165, 1.54) is 12.1 Å². The van der Waals surface area contributed by atoms with Crippen LogP contribution in [0.3, 0.4) is 0 Å². The molecule has 0 amide bonds. The molecule has 0 aromatic heterocycles. The van der Waals surface area contributed by atoms with Gasteiger partial charge in [-0.05, 0) is 29.9 Å². The molecule has 1 aromatic carbocycles. The molecular formula is C14H18BrF3. The number of rotatable bonds is 5. The fraction of sp³-hybridized carbons (Fsp3) is 0.571. The van der Waals surface area contributed by atoms with E-state index in [0.29, 0.717) is 6.42 Å². The van der Waals surface area contributed by atoms with Gasteiger partial charge in [0.05, 0.1) is 5.56 Å². The molecule has 0 spiro atoms. The molecule has 18 heavy (non-hydrogen) atoms. The lowest BCUT2D eigenvalue weighted by Gasteiger charge is -2.27. The highest BCUT2D eigenvalue weighted by Gasteiger charge is 2.31. The van der Waals surface area contributed by atoms with Gasteiger partial charge in [0.2, 0.25) is 0 Å². The van der Waals surface area contributed by atoms with Gasteiger partial charge in [0.1, 0.15) is 0 Å². The third-order valence-corrected chi connectivity index (χ3v) is 4.42. The van der Waals surface area contributed by atoms with Gasteiger partial charge in [-0.2, -0.15) is 13.2 Å². The first-order valence-corrected chi connectivity index (χ1v) is 7.15. The van der Waals surface area contributed by atoms with Gasteiger partial charge >= 0.3 is 6.18 Å². The van der Waals surface area contributed by atoms with Crippen molar-refractivity contribution >= 4 is 15.9 Å². The average molecular weight is 323 g/mol. The Kier molecular flexibility index (Phi) is 5.26. The quantitative estimate of drug-likeness (QED) is 0.632. The minimum absolute atomic E-state index is 0.0129. The molecular weight excluding hydrogens is 305 g/mol. The van der Waals surface area contributed by atoms with Gasteiger partial charge < -0.3 is 0 Å². The Bertz CT molecular complexity index is 387. The summed E-state index contributed by atoms with van der Waals surface area (Å²) in [6, 6.07) is 5.63. The zero-order chi connectivity index (χ0) is 13.8. The van der Waals surface area contributed by atoms with Crippen LogP contribution in [-0.2, 0) is 12.6 Å². The molecule has 102 valence electrons. The van der Waals surface area contributed by atoms with Crippen LogP contribution in [0.1, 0.15) is 37.8 Å². The van der Waals surface area contributed by atoms with Crippen molar-refractivity contribution in [2.75, 3.05) is 5.33 Å². The summed E-state index contributed by atoms with van der Waals surface area (Å²) >= 11 is 3.47. The van der Waals surface area contributed by atoms with Gasteiger partial charge in [-0.15, -0.1) is 0 Å². The number of benzene rings is 1. The van der Waals surface area contributed by atoms with Gasteiger partial charge in [0.25, 0.3) is 0 Å². The lowest BCUT2D eigenvalue weighted by molar-refractivity contribution is -0.137. The predicted octanol–water partition coefficient (Wildman–Crippen LogP) is 5.45. The van der Waals surface area contributed by atoms with Crippen molar-refractivity contribution in [3.05, 3.63) is 35.4 Å². The Balaban J connectivity index is 2.91. The maximum Gasteiger partial charge on any atom is 0.416 e. The standard InChI is InChI=1S/C14H18BrF3/c1-3-7-13(2,10-15)9-11-5-4-6-12(8-11)14(16,17)18/h4-6,8H,3,7,9-10H2,1-2H3. The van der Waals surface area contributed by atoms with E-state index in [1.807, 2.05) is 0 Å². The van der Waals surface area contributed by atoms with Crippen molar-refractivity contribution in [3.8, 4) is 0 Å². The molecule has 1 unspecified atom stereocenters. The van der Waals surface area contributed by atoms with E-state index in [-0.39, 0.29) is 5.41 Å². The first kappa shape index (κ1) is 15.5. The van der Waals surface area contributed by atoms with Crippen molar-refractivity contribution in [1.82, 2.24) is 0 Å². The summed E-state index contributed by atoms with van der Waals surface area (Å²) in [4.78, 5) is 0. The van der Waals surface area contributed by atoms with Crippen LogP contribution in [0, 0.1) is 5.41 Å². The third-order valence-electron chi connectivity index (χ3n) is 3.06. The van der Waals surface area contributed by atoms with Crippen molar-refractivity contribution in [2.24, 2.45) is 5.41 Å². The van der Waals surface area contributed by atoms with Gasteiger partial charge in [0.15, 0.2) is 0 Å². The number of hydrogen-bond donors (Lipinski definition) is 0. The molecule has 0 N–H and O–H groups in total. The molecule has 0 aliphatic rings. The van der Waals surface area contributed by atoms with Crippen LogP contribution in [0.25, 0.3) is 0 Å². The molecule has 1 aromatic rings. The van der Waals surface area contributed by atoms with Gasteiger partial charge in [-0.3, -0.25) is 0 Å². The number of hydrogen-bond acceptors (Lipinski definition) is 0. The molecule has 0 saturated heterocycles. The summed E-state index contributed by atoms with van der Waals surface area (Å²) in [5.74, 6) is 0. The van der Waals surface area contributed by atoms with E-state index in [0.717, 1.165) is 29.8 Å². The Hall–Kier alpha value is -0.510. The van der Waals surface area contributed by atoms with Crippen LogP contribution in [0.5, 0.6) is 0 Å². The predicted molar refractivity (Wildman–Crippen MR) is 72.0 cm³/mol. The summed E-state index contributed by atoms with van der Waals surface area (Å²) in [6.45, 7) is 4.19. The molecule has 0 aliphatic heterocycles. The molecule has 1 atom stereocenters. The SMILES string of the molecule is CCCC(C)(CBr)Cc1cccc(C(F)(F)F)c1. The van der Waals surface area contributed by atoms with Crippen LogP contribution < -0.4 is 0 Å². The first-order valence-electron chi connectivity index (χ1n) is 6.03. The third kappa shape index (κ3) is 4.30. The van der Waals surface area contributed by atoms with Crippen molar-refractivity contribution in [3.63, 3.8) is 0 Å². The molecule has 0 heterocycles. The van der Waals surface area contributed by atoms with Crippen molar-refractivity contribution < 1.29 is 13.2 Å². The Morgan fingerprint density at radius 2 is 1.89 bits per heavy atom. The van der Waals surface area contributed by atoms with E-state index >= 15 is 0 Å². The second-order valence-corrected chi connectivity index (χ2v) is 5.63. The Morgan fingerprint density at radius 1 is 1.22 bits per heavy atom. The summed E-state index contributed by atoms with van der Waals surface area (Å²) in [5, 5.41) is 0.796. The van der Waals surface area contributed by atoms with Crippen molar-refractivity contribution in [1.29, 1.82) is 0 Å². The second kappa shape index (κ2) is 6.09. The minimum Gasteiger partial charge on any atom is -0.166 e. The largest absolute Gasteiger partial charge is 0.416 e. The molecule has 4 heteroatoms. The summed E-state index contributed by atoms with van der Waals surface area (Å²) < 4.78 is 37.9. The highest BCUT2D eigenvalue weighted by molar-refractivity contribution is 9.09. The summed E-state index contributed by atoms with van der Waals surface area (Å²) in [6.07, 6.45) is -1.57. The van der Waals surface area contributed by atoms with E-state index in [1.54, 1.807) is 6.07 Å².